The third-order valence-corrected chi connectivity index (χ3v) is 5.27. The number of para-hydroxylation sites is 1. The summed E-state index contributed by atoms with van der Waals surface area (Å²) in [6.45, 7) is 0.354. The molecule has 0 aliphatic heterocycles. The SMILES string of the molecule is NCCC[C@H](N)C(=O)N[C@@H](Cc1cc(F)c(F)c(F)c1)C(=O)Cc1cnc2ccccc2c1. The number of pyridine rings is 1. The fourth-order valence-electron chi connectivity index (χ4n) is 3.49. The average Bonchev–Trinajstić information content (AvgIpc) is 2.80. The highest BCUT2D eigenvalue weighted by Gasteiger charge is 2.25. The van der Waals surface area contributed by atoms with E-state index in [2.05, 4.69) is 10.3 Å². The standard InChI is InChI=1S/C24H25F3N4O2/c25-17-9-14(10-18(26)23(17)27)11-21(31-24(33)19(29)5-3-7-28)22(32)12-15-8-16-4-1-2-6-20(16)30-13-15/h1-2,4,6,8-10,13,19,21H,3,5,7,11-12,28-29H2,(H,31,33)/t19-,21-/m0/s1. The van der Waals surface area contributed by atoms with E-state index in [1.807, 2.05) is 30.3 Å². The minimum absolute atomic E-state index is 0.0252. The number of Topliss-reactive ketones (excluding diaryl/α,β-unsaturated/α-hetero) is 1. The molecular formula is C24H25F3N4O2. The van der Waals surface area contributed by atoms with Crippen LogP contribution in [0.5, 0.6) is 0 Å². The third-order valence-electron chi connectivity index (χ3n) is 5.27. The smallest absolute Gasteiger partial charge is 0.237 e. The lowest BCUT2D eigenvalue weighted by molar-refractivity contribution is -0.128. The zero-order chi connectivity index (χ0) is 24.0. The van der Waals surface area contributed by atoms with E-state index >= 15 is 0 Å². The molecular weight excluding hydrogens is 433 g/mol. The van der Waals surface area contributed by atoms with E-state index in [4.69, 9.17) is 11.5 Å². The van der Waals surface area contributed by atoms with Gasteiger partial charge in [-0.25, -0.2) is 13.2 Å². The van der Waals surface area contributed by atoms with Crippen LogP contribution in [0.2, 0.25) is 0 Å². The number of amides is 1. The first-order chi connectivity index (χ1) is 15.8. The molecule has 1 aromatic heterocycles. The maximum atomic E-state index is 13.7. The molecule has 9 heteroatoms. The van der Waals surface area contributed by atoms with Crippen LogP contribution in [0.15, 0.2) is 48.7 Å². The molecule has 33 heavy (non-hydrogen) atoms. The topological polar surface area (TPSA) is 111 Å². The van der Waals surface area contributed by atoms with Crippen LogP contribution in [0.1, 0.15) is 24.0 Å². The molecule has 0 saturated heterocycles. The second-order valence-electron chi connectivity index (χ2n) is 7.86. The van der Waals surface area contributed by atoms with Crippen LogP contribution in [-0.2, 0) is 22.4 Å². The van der Waals surface area contributed by atoms with Crippen LogP contribution in [-0.4, -0.2) is 35.3 Å². The molecule has 1 heterocycles. The summed E-state index contributed by atoms with van der Waals surface area (Å²) >= 11 is 0. The van der Waals surface area contributed by atoms with Crippen molar-refractivity contribution in [2.45, 2.75) is 37.8 Å². The Labute approximate surface area is 189 Å². The van der Waals surface area contributed by atoms with Crippen molar-refractivity contribution in [1.29, 1.82) is 0 Å². The second kappa shape index (κ2) is 11.0. The van der Waals surface area contributed by atoms with Crippen LogP contribution in [0, 0.1) is 17.5 Å². The second-order valence-corrected chi connectivity index (χ2v) is 7.86. The van der Waals surface area contributed by atoms with Gasteiger partial charge in [-0.05, 0) is 61.2 Å². The molecule has 0 radical (unpaired) electrons. The Morgan fingerprint density at radius 1 is 1.03 bits per heavy atom. The van der Waals surface area contributed by atoms with Crippen LogP contribution < -0.4 is 16.8 Å². The first-order valence-electron chi connectivity index (χ1n) is 10.5. The summed E-state index contributed by atoms with van der Waals surface area (Å²) in [4.78, 5) is 29.9. The summed E-state index contributed by atoms with van der Waals surface area (Å²) in [6, 6.07) is 8.78. The lowest BCUT2D eigenvalue weighted by atomic mass is 9.97. The summed E-state index contributed by atoms with van der Waals surface area (Å²) in [6.07, 6.45) is 2.08. The van der Waals surface area contributed by atoms with Gasteiger partial charge >= 0.3 is 0 Å². The van der Waals surface area contributed by atoms with E-state index in [-0.39, 0.29) is 18.4 Å². The lowest BCUT2D eigenvalue weighted by Crippen LogP contribution is -2.49. The number of carbonyl (C=O) groups is 2. The quantitative estimate of drug-likeness (QED) is 0.405. The molecule has 0 aliphatic carbocycles. The van der Waals surface area contributed by atoms with Crippen molar-refractivity contribution in [3.63, 3.8) is 0 Å². The van der Waals surface area contributed by atoms with E-state index in [0.29, 0.717) is 24.9 Å². The maximum absolute atomic E-state index is 13.7. The Kier molecular flexibility index (Phi) is 8.13. The number of benzene rings is 2. The van der Waals surface area contributed by atoms with Gasteiger partial charge in [-0.1, -0.05) is 18.2 Å². The van der Waals surface area contributed by atoms with Gasteiger partial charge in [0.2, 0.25) is 5.91 Å². The van der Waals surface area contributed by atoms with Gasteiger partial charge in [0, 0.05) is 18.0 Å². The van der Waals surface area contributed by atoms with Gasteiger partial charge in [0.25, 0.3) is 0 Å². The zero-order valence-corrected chi connectivity index (χ0v) is 17.9. The predicted octanol–water partition coefficient (Wildman–Crippen LogP) is 2.56. The van der Waals surface area contributed by atoms with E-state index in [0.717, 1.165) is 23.0 Å². The highest BCUT2D eigenvalue weighted by Crippen LogP contribution is 2.17. The van der Waals surface area contributed by atoms with Crippen molar-refractivity contribution in [3.05, 3.63) is 77.2 Å². The fourth-order valence-corrected chi connectivity index (χ4v) is 3.49. The summed E-state index contributed by atoms with van der Waals surface area (Å²) in [5, 5.41) is 3.41. The highest BCUT2D eigenvalue weighted by atomic mass is 19.2. The van der Waals surface area contributed by atoms with Gasteiger partial charge in [0.05, 0.1) is 17.6 Å². The van der Waals surface area contributed by atoms with E-state index < -0.39 is 41.2 Å². The molecule has 5 N–H and O–H groups in total. The van der Waals surface area contributed by atoms with Gasteiger partial charge in [-0.2, -0.15) is 0 Å². The lowest BCUT2D eigenvalue weighted by Gasteiger charge is -2.21. The molecule has 0 saturated carbocycles. The molecule has 0 aliphatic rings. The van der Waals surface area contributed by atoms with Crippen LogP contribution in [0.3, 0.4) is 0 Å². The van der Waals surface area contributed by atoms with Crippen LogP contribution in [0.25, 0.3) is 10.9 Å². The van der Waals surface area contributed by atoms with E-state index in [9.17, 15) is 22.8 Å². The van der Waals surface area contributed by atoms with Gasteiger partial charge in [-0.3, -0.25) is 14.6 Å². The number of halogens is 3. The Hall–Kier alpha value is -3.30. The number of hydrogen-bond acceptors (Lipinski definition) is 5. The molecule has 2 aromatic carbocycles. The van der Waals surface area contributed by atoms with Crippen LogP contribution >= 0.6 is 0 Å². The largest absolute Gasteiger partial charge is 0.345 e. The summed E-state index contributed by atoms with van der Waals surface area (Å²) in [5.41, 5.74) is 12.7. The molecule has 174 valence electrons. The number of ketones is 1. The highest BCUT2D eigenvalue weighted by molar-refractivity contribution is 5.92. The molecule has 0 fully saturated rings. The van der Waals surface area contributed by atoms with Gasteiger partial charge in [0.1, 0.15) is 0 Å². The fraction of sp³-hybridized carbons (Fsp3) is 0.292. The molecule has 0 bridgehead atoms. The monoisotopic (exact) mass is 458 g/mol. The van der Waals surface area contributed by atoms with Crippen LogP contribution in [0.4, 0.5) is 13.2 Å². The minimum atomic E-state index is -1.60. The minimum Gasteiger partial charge on any atom is -0.345 e. The Bertz CT molecular complexity index is 1130. The third kappa shape index (κ3) is 6.36. The molecule has 1 amide bonds. The molecule has 6 nitrogen and oxygen atoms in total. The van der Waals surface area contributed by atoms with Crippen molar-refractivity contribution in [1.82, 2.24) is 10.3 Å². The van der Waals surface area contributed by atoms with Gasteiger partial charge in [0.15, 0.2) is 23.2 Å². The number of carbonyl (C=O) groups excluding carboxylic acids is 2. The van der Waals surface area contributed by atoms with Crippen molar-refractivity contribution < 1.29 is 22.8 Å². The predicted molar refractivity (Wildman–Crippen MR) is 119 cm³/mol. The van der Waals surface area contributed by atoms with Crippen molar-refractivity contribution in [3.8, 4) is 0 Å². The zero-order valence-electron chi connectivity index (χ0n) is 17.9. The van der Waals surface area contributed by atoms with Gasteiger partial charge in [-0.15, -0.1) is 0 Å². The number of aromatic nitrogens is 1. The van der Waals surface area contributed by atoms with E-state index in [1.165, 1.54) is 0 Å². The summed E-state index contributed by atoms with van der Waals surface area (Å²) < 4.78 is 40.7. The molecule has 2 atom stereocenters. The maximum Gasteiger partial charge on any atom is 0.237 e. The normalized spacial score (nSPS) is 13.0. The Morgan fingerprint density at radius 2 is 1.73 bits per heavy atom. The van der Waals surface area contributed by atoms with Crippen molar-refractivity contribution in [2.24, 2.45) is 11.5 Å². The van der Waals surface area contributed by atoms with E-state index in [1.54, 1.807) is 6.20 Å². The number of hydrogen-bond donors (Lipinski definition) is 3. The molecule has 3 rings (SSSR count). The number of nitrogens with one attached hydrogen (secondary N) is 1. The Balaban J connectivity index is 1.82. The molecule has 3 aromatic rings. The number of rotatable bonds is 10. The number of nitrogens with two attached hydrogens (primary N) is 2. The van der Waals surface area contributed by atoms with Gasteiger partial charge < -0.3 is 16.8 Å². The molecule has 0 spiro atoms. The number of fused-ring (bicyclic) bond motifs is 1. The summed E-state index contributed by atoms with van der Waals surface area (Å²) in [5.74, 6) is -5.34. The number of nitrogens with zero attached hydrogens (tertiary/aromatic N) is 1. The van der Waals surface area contributed by atoms with Crippen molar-refractivity contribution >= 4 is 22.6 Å². The van der Waals surface area contributed by atoms with Crippen molar-refractivity contribution in [2.75, 3.05) is 6.54 Å². The average molecular weight is 458 g/mol. The summed E-state index contributed by atoms with van der Waals surface area (Å²) in [7, 11) is 0. The first-order valence-corrected chi connectivity index (χ1v) is 10.5. The molecule has 0 unspecified atom stereocenters. The Morgan fingerprint density at radius 3 is 2.42 bits per heavy atom. The first kappa shape index (κ1) is 24.3.